The van der Waals surface area contributed by atoms with E-state index < -0.39 is 0 Å². The number of nitrogens with zero attached hydrogens (tertiary/aromatic N) is 2. The molecule has 2 N–H and O–H groups in total. The average molecular weight is 281 g/mol. The fourth-order valence-electron chi connectivity index (χ4n) is 2.07. The van der Waals surface area contributed by atoms with Gasteiger partial charge < -0.3 is 10.5 Å². The number of aromatic nitrogens is 1. The molecule has 2 rings (SSSR count). The lowest BCUT2D eigenvalue weighted by Crippen LogP contribution is -2.19. The molecule has 108 valence electrons. The Hall–Kier alpha value is -2.38. The standard InChI is InChI=1S/C17H19N3O/c1-12(19)8-16-17(7-6-13(2)20-16)21-11-15-5-3-4-14(9-15)10-18/h3-7,9,12H,8,11,19H2,1-2H3. The van der Waals surface area contributed by atoms with Gasteiger partial charge in [0.05, 0.1) is 17.3 Å². The largest absolute Gasteiger partial charge is 0.487 e. The lowest BCUT2D eigenvalue weighted by molar-refractivity contribution is 0.300. The second-order valence-electron chi connectivity index (χ2n) is 5.18. The van der Waals surface area contributed by atoms with Crippen LogP contribution in [0.5, 0.6) is 5.75 Å². The summed E-state index contributed by atoms with van der Waals surface area (Å²) >= 11 is 0. The zero-order valence-electron chi connectivity index (χ0n) is 12.3. The Labute approximate surface area is 125 Å². The molecule has 1 heterocycles. The molecule has 0 fully saturated rings. The molecule has 0 saturated heterocycles. The highest BCUT2D eigenvalue weighted by Crippen LogP contribution is 2.20. The summed E-state index contributed by atoms with van der Waals surface area (Å²) in [4.78, 5) is 4.50. The second-order valence-corrected chi connectivity index (χ2v) is 5.18. The van der Waals surface area contributed by atoms with Crippen LogP contribution in [0.15, 0.2) is 36.4 Å². The maximum absolute atomic E-state index is 8.91. The second kappa shape index (κ2) is 6.87. The minimum atomic E-state index is 0.0311. The highest BCUT2D eigenvalue weighted by molar-refractivity contribution is 5.34. The minimum Gasteiger partial charge on any atom is -0.487 e. The molecule has 4 nitrogen and oxygen atoms in total. The highest BCUT2D eigenvalue weighted by Gasteiger charge is 2.09. The van der Waals surface area contributed by atoms with Gasteiger partial charge in [0.1, 0.15) is 12.4 Å². The Balaban J connectivity index is 2.14. The van der Waals surface area contributed by atoms with Crippen LogP contribution >= 0.6 is 0 Å². The number of aryl methyl sites for hydroxylation is 1. The Morgan fingerprint density at radius 2 is 2.14 bits per heavy atom. The van der Waals surface area contributed by atoms with Crippen molar-refractivity contribution in [1.29, 1.82) is 5.26 Å². The van der Waals surface area contributed by atoms with Crippen molar-refractivity contribution in [3.8, 4) is 11.8 Å². The van der Waals surface area contributed by atoms with Gasteiger partial charge in [-0.05, 0) is 43.7 Å². The maximum Gasteiger partial charge on any atom is 0.141 e. The van der Waals surface area contributed by atoms with E-state index in [-0.39, 0.29) is 6.04 Å². The number of nitriles is 1. The third kappa shape index (κ3) is 4.30. The van der Waals surface area contributed by atoms with Crippen LogP contribution in [0.1, 0.15) is 29.4 Å². The summed E-state index contributed by atoms with van der Waals surface area (Å²) in [5.41, 5.74) is 9.27. The molecule has 0 saturated carbocycles. The van der Waals surface area contributed by atoms with Gasteiger partial charge in [-0.25, -0.2) is 0 Å². The quantitative estimate of drug-likeness (QED) is 0.914. The molecule has 1 aromatic heterocycles. The summed E-state index contributed by atoms with van der Waals surface area (Å²) in [6, 6.07) is 13.4. The molecule has 2 aromatic rings. The molecule has 0 bridgehead atoms. The molecular formula is C17H19N3O. The van der Waals surface area contributed by atoms with Crippen LogP contribution in [0.2, 0.25) is 0 Å². The van der Waals surface area contributed by atoms with Crippen molar-refractivity contribution in [3.05, 3.63) is 58.9 Å². The van der Waals surface area contributed by atoms with Gasteiger partial charge in [-0.1, -0.05) is 12.1 Å². The van der Waals surface area contributed by atoms with E-state index in [2.05, 4.69) is 11.1 Å². The molecular weight excluding hydrogens is 262 g/mol. The summed E-state index contributed by atoms with van der Waals surface area (Å²) < 4.78 is 5.85. The predicted molar refractivity (Wildman–Crippen MR) is 81.8 cm³/mol. The Kier molecular flexibility index (Phi) is 4.91. The summed E-state index contributed by atoms with van der Waals surface area (Å²) in [6.07, 6.45) is 0.676. The van der Waals surface area contributed by atoms with Crippen LogP contribution in [0.4, 0.5) is 0 Å². The van der Waals surface area contributed by atoms with Crippen molar-refractivity contribution in [3.63, 3.8) is 0 Å². The van der Waals surface area contributed by atoms with Crippen LogP contribution in [0, 0.1) is 18.3 Å². The van der Waals surface area contributed by atoms with Crippen molar-refractivity contribution < 1.29 is 4.74 Å². The molecule has 0 radical (unpaired) electrons. The normalized spacial score (nSPS) is 11.7. The summed E-state index contributed by atoms with van der Waals surface area (Å²) in [6.45, 7) is 4.31. The van der Waals surface area contributed by atoms with Crippen molar-refractivity contribution in [1.82, 2.24) is 4.98 Å². The van der Waals surface area contributed by atoms with Gasteiger partial charge in [-0.3, -0.25) is 4.98 Å². The topological polar surface area (TPSA) is 71.9 Å². The number of pyridine rings is 1. The monoisotopic (exact) mass is 281 g/mol. The number of ether oxygens (including phenoxy) is 1. The van der Waals surface area contributed by atoms with Crippen molar-refractivity contribution in [2.75, 3.05) is 0 Å². The Bertz CT molecular complexity index is 659. The number of rotatable bonds is 5. The molecule has 0 aliphatic heterocycles. The molecule has 1 atom stereocenters. The van der Waals surface area contributed by atoms with Gasteiger partial charge in [-0.2, -0.15) is 5.26 Å². The third-order valence-corrected chi connectivity index (χ3v) is 3.04. The fraction of sp³-hybridized carbons (Fsp3) is 0.294. The van der Waals surface area contributed by atoms with Crippen LogP contribution in [0.25, 0.3) is 0 Å². The van der Waals surface area contributed by atoms with Crippen LogP contribution < -0.4 is 10.5 Å². The molecule has 0 aliphatic rings. The van der Waals surface area contributed by atoms with E-state index in [4.69, 9.17) is 15.7 Å². The molecule has 0 spiro atoms. The predicted octanol–water partition coefficient (Wildman–Crippen LogP) is 2.73. The van der Waals surface area contributed by atoms with E-state index in [1.54, 1.807) is 6.07 Å². The van der Waals surface area contributed by atoms with E-state index in [1.807, 2.05) is 44.2 Å². The zero-order chi connectivity index (χ0) is 15.2. The molecule has 1 aromatic carbocycles. The van der Waals surface area contributed by atoms with Crippen LogP contribution in [-0.4, -0.2) is 11.0 Å². The lowest BCUT2D eigenvalue weighted by Gasteiger charge is -2.13. The van der Waals surface area contributed by atoms with Crippen molar-refractivity contribution in [2.45, 2.75) is 32.9 Å². The molecule has 1 unspecified atom stereocenters. The van der Waals surface area contributed by atoms with E-state index >= 15 is 0 Å². The first kappa shape index (κ1) is 15.0. The zero-order valence-corrected chi connectivity index (χ0v) is 12.3. The van der Waals surface area contributed by atoms with Gasteiger partial charge >= 0.3 is 0 Å². The molecule has 4 heteroatoms. The summed E-state index contributed by atoms with van der Waals surface area (Å²) in [5, 5.41) is 8.91. The SMILES string of the molecule is Cc1ccc(OCc2cccc(C#N)c2)c(CC(C)N)n1. The Morgan fingerprint density at radius 3 is 2.86 bits per heavy atom. The number of hydrogen-bond donors (Lipinski definition) is 1. The third-order valence-electron chi connectivity index (χ3n) is 3.04. The van der Waals surface area contributed by atoms with Crippen molar-refractivity contribution in [2.24, 2.45) is 5.73 Å². The van der Waals surface area contributed by atoms with Gasteiger partial charge in [-0.15, -0.1) is 0 Å². The molecule has 0 amide bonds. The van der Waals surface area contributed by atoms with E-state index in [0.717, 1.165) is 22.7 Å². The maximum atomic E-state index is 8.91. The van der Waals surface area contributed by atoms with Gasteiger partial charge in [0.2, 0.25) is 0 Å². The lowest BCUT2D eigenvalue weighted by atomic mass is 10.1. The first-order valence-electron chi connectivity index (χ1n) is 6.92. The molecule has 21 heavy (non-hydrogen) atoms. The van der Waals surface area contributed by atoms with Gasteiger partial charge in [0, 0.05) is 18.2 Å². The first-order chi connectivity index (χ1) is 10.1. The Morgan fingerprint density at radius 1 is 1.33 bits per heavy atom. The number of hydrogen-bond acceptors (Lipinski definition) is 4. The van der Waals surface area contributed by atoms with E-state index in [0.29, 0.717) is 18.6 Å². The fourth-order valence-corrected chi connectivity index (χ4v) is 2.07. The number of benzene rings is 1. The molecule has 0 aliphatic carbocycles. The number of nitrogens with two attached hydrogens (primary N) is 1. The van der Waals surface area contributed by atoms with Crippen LogP contribution in [0.3, 0.4) is 0 Å². The van der Waals surface area contributed by atoms with E-state index in [1.165, 1.54) is 0 Å². The van der Waals surface area contributed by atoms with Crippen molar-refractivity contribution >= 4 is 0 Å². The van der Waals surface area contributed by atoms with E-state index in [9.17, 15) is 0 Å². The highest BCUT2D eigenvalue weighted by atomic mass is 16.5. The smallest absolute Gasteiger partial charge is 0.141 e. The summed E-state index contributed by atoms with van der Waals surface area (Å²) in [7, 11) is 0. The average Bonchev–Trinajstić information content (AvgIpc) is 2.46. The van der Waals surface area contributed by atoms with Gasteiger partial charge in [0.25, 0.3) is 0 Å². The minimum absolute atomic E-state index is 0.0311. The van der Waals surface area contributed by atoms with Crippen LogP contribution in [-0.2, 0) is 13.0 Å². The van der Waals surface area contributed by atoms with Gasteiger partial charge in [0.15, 0.2) is 0 Å². The summed E-state index contributed by atoms with van der Waals surface area (Å²) in [5.74, 6) is 0.750. The first-order valence-corrected chi connectivity index (χ1v) is 6.92.